The molecule has 0 saturated carbocycles. The van der Waals surface area contributed by atoms with Crippen LogP contribution in [-0.4, -0.2) is 25.5 Å². The second kappa shape index (κ2) is 10.4. The molecule has 0 saturated heterocycles. The highest BCUT2D eigenvalue weighted by atomic mass is 127. The van der Waals surface area contributed by atoms with Gasteiger partial charge in [0.2, 0.25) is 0 Å². The van der Waals surface area contributed by atoms with Gasteiger partial charge in [-0.05, 0) is 30.0 Å². The maximum atomic E-state index is 11.5. The highest BCUT2D eigenvalue weighted by molar-refractivity contribution is 14.0. The molecule has 5 nitrogen and oxygen atoms in total. The first-order chi connectivity index (χ1) is 9.52. The van der Waals surface area contributed by atoms with Crippen molar-refractivity contribution in [1.29, 1.82) is 0 Å². The Labute approximate surface area is 143 Å². The molecule has 1 rings (SSSR count). The van der Waals surface area contributed by atoms with E-state index in [-0.39, 0.29) is 29.9 Å². The van der Waals surface area contributed by atoms with E-state index in [2.05, 4.69) is 29.5 Å². The molecule has 0 aliphatic heterocycles. The number of aliphatic imine (C=N–C) groups is 1. The largest absolute Gasteiger partial charge is 0.370 e. The van der Waals surface area contributed by atoms with Crippen molar-refractivity contribution in [1.82, 2.24) is 10.6 Å². The van der Waals surface area contributed by atoms with Gasteiger partial charge in [-0.15, -0.1) is 24.0 Å². The molecule has 0 aliphatic rings. The predicted molar refractivity (Wildman–Crippen MR) is 98.0 cm³/mol. The lowest BCUT2D eigenvalue weighted by atomic mass is 10.1. The van der Waals surface area contributed by atoms with Crippen molar-refractivity contribution in [3.8, 4) is 0 Å². The first kappa shape index (κ1) is 19.7. The van der Waals surface area contributed by atoms with Crippen LogP contribution in [0.5, 0.6) is 0 Å². The van der Waals surface area contributed by atoms with E-state index in [0.717, 1.165) is 18.5 Å². The Kier molecular flexibility index (Phi) is 9.77. The van der Waals surface area contributed by atoms with Crippen LogP contribution in [0, 0.1) is 5.92 Å². The van der Waals surface area contributed by atoms with Crippen LogP contribution in [-0.2, 0) is 6.54 Å². The van der Waals surface area contributed by atoms with Gasteiger partial charge in [0.1, 0.15) is 0 Å². The predicted octanol–water partition coefficient (Wildman–Crippen LogP) is 2.11. The van der Waals surface area contributed by atoms with Crippen molar-refractivity contribution in [3.05, 3.63) is 35.4 Å². The van der Waals surface area contributed by atoms with Crippen LogP contribution in [0.1, 0.15) is 36.2 Å². The Balaban J connectivity index is 0.00000400. The maximum Gasteiger partial charge on any atom is 0.251 e. The summed E-state index contributed by atoms with van der Waals surface area (Å²) in [7, 11) is 1.61. The molecule has 0 aromatic heterocycles. The van der Waals surface area contributed by atoms with E-state index < -0.39 is 0 Å². The van der Waals surface area contributed by atoms with Gasteiger partial charge in [-0.2, -0.15) is 0 Å². The van der Waals surface area contributed by atoms with Gasteiger partial charge in [-0.3, -0.25) is 4.79 Å². The fourth-order valence-corrected chi connectivity index (χ4v) is 1.68. The third-order valence-electron chi connectivity index (χ3n) is 2.88. The zero-order chi connectivity index (χ0) is 15.0. The number of hydrogen-bond acceptors (Lipinski definition) is 2. The van der Waals surface area contributed by atoms with Crippen LogP contribution < -0.4 is 16.4 Å². The molecule has 1 aromatic rings. The highest BCUT2D eigenvalue weighted by Crippen LogP contribution is 2.06. The third-order valence-corrected chi connectivity index (χ3v) is 2.88. The molecule has 0 bridgehead atoms. The first-order valence-corrected chi connectivity index (χ1v) is 6.87. The zero-order valence-corrected chi connectivity index (χ0v) is 15.2. The van der Waals surface area contributed by atoms with Crippen molar-refractivity contribution in [3.63, 3.8) is 0 Å². The first-order valence-electron chi connectivity index (χ1n) is 6.87. The summed E-state index contributed by atoms with van der Waals surface area (Å²) in [5.41, 5.74) is 7.38. The summed E-state index contributed by atoms with van der Waals surface area (Å²) in [6, 6.07) is 7.37. The fourth-order valence-electron chi connectivity index (χ4n) is 1.68. The second-order valence-corrected chi connectivity index (χ2v) is 5.09. The van der Waals surface area contributed by atoms with E-state index in [1.54, 1.807) is 13.1 Å². The Morgan fingerprint density at radius 2 is 2.10 bits per heavy atom. The molecule has 0 aliphatic carbocycles. The third kappa shape index (κ3) is 7.89. The van der Waals surface area contributed by atoms with E-state index >= 15 is 0 Å². The SMILES string of the molecule is CNC(=O)c1cccc(CN=C(N)NCCC(C)C)c1.I. The van der Waals surface area contributed by atoms with Crippen molar-refractivity contribution < 1.29 is 4.79 Å². The van der Waals surface area contributed by atoms with Crippen molar-refractivity contribution in [2.24, 2.45) is 16.6 Å². The normalized spacial score (nSPS) is 11.0. The van der Waals surface area contributed by atoms with Gasteiger partial charge < -0.3 is 16.4 Å². The van der Waals surface area contributed by atoms with E-state index in [1.165, 1.54) is 0 Å². The molecule has 4 N–H and O–H groups in total. The van der Waals surface area contributed by atoms with Gasteiger partial charge in [0.05, 0.1) is 6.54 Å². The molecule has 6 heteroatoms. The Morgan fingerprint density at radius 3 is 2.71 bits per heavy atom. The average Bonchev–Trinajstić information content (AvgIpc) is 2.44. The van der Waals surface area contributed by atoms with Gasteiger partial charge in [-0.1, -0.05) is 26.0 Å². The average molecular weight is 404 g/mol. The molecule has 21 heavy (non-hydrogen) atoms. The molecule has 0 radical (unpaired) electrons. The monoisotopic (exact) mass is 404 g/mol. The molecule has 1 aromatic carbocycles. The zero-order valence-electron chi connectivity index (χ0n) is 12.8. The Hall–Kier alpha value is -1.31. The number of hydrogen-bond donors (Lipinski definition) is 3. The summed E-state index contributed by atoms with van der Waals surface area (Å²) in [5.74, 6) is 0.981. The minimum absolute atomic E-state index is 0. The molecular formula is C15H25IN4O. The number of amides is 1. The number of nitrogens with one attached hydrogen (secondary N) is 2. The van der Waals surface area contributed by atoms with E-state index in [1.807, 2.05) is 18.2 Å². The molecule has 118 valence electrons. The van der Waals surface area contributed by atoms with E-state index in [0.29, 0.717) is 24.0 Å². The number of nitrogens with two attached hydrogens (primary N) is 1. The van der Waals surface area contributed by atoms with Crippen molar-refractivity contribution in [2.45, 2.75) is 26.8 Å². The number of rotatable bonds is 6. The summed E-state index contributed by atoms with van der Waals surface area (Å²) in [6.07, 6.45) is 1.06. The van der Waals surface area contributed by atoms with Crippen molar-refractivity contribution >= 4 is 35.8 Å². The lowest BCUT2D eigenvalue weighted by molar-refractivity contribution is 0.0963. The number of halogens is 1. The quantitative estimate of drug-likeness (QED) is 0.386. The topological polar surface area (TPSA) is 79.5 Å². The van der Waals surface area contributed by atoms with E-state index in [9.17, 15) is 4.79 Å². The van der Waals surface area contributed by atoms with Gasteiger partial charge in [0, 0.05) is 19.2 Å². The van der Waals surface area contributed by atoms with E-state index in [4.69, 9.17) is 5.73 Å². The molecular weight excluding hydrogens is 379 g/mol. The minimum atomic E-state index is -0.0983. The number of nitrogens with zero attached hydrogens (tertiary/aromatic N) is 1. The highest BCUT2D eigenvalue weighted by Gasteiger charge is 2.03. The standard InChI is InChI=1S/C15H24N4O.HI/c1-11(2)7-8-18-15(16)19-10-12-5-4-6-13(9-12)14(20)17-3;/h4-6,9,11H,7-8,10H2,1-3H3,(H,17,20)(H3,16,18,19);1H. The lowest BCUT2D eigenvalue weighted by Crippen LogP contribution is -2.32. The Morgan fingerprint density at radius 1 is 1.38 bits per heavy atom. The minimum Gasteiger partial charge on any atom is -0.370 e. The maximum absolute atomic E-state index is 11.5. The molecule has 1 amide bonds. The summed E-state index contributed by atoms with van der Waals surface area (Å²) >= 11 is 0. The molecule has 0 fully saturated rings. The number of guanidine groups is 1. The van der Waals surface area contributed by atoms with Gasteiger partial charge in [0.15, 0.2) is 5.96 Å². The summed E-state index contributed by atoms with van der Waals surface area (Å²) in [6.45, 7) is 5.62. The van der Waals surface area contributed by atoms with Crippen LogP contribution in [0.3, 0.4) is 0 Å². The van der Waals surface area contributed by atoms with Crippen LogP contribution >= 0.6 is 24.0 Å². The number of benzene rings is 1. The Bertz CT molecular complexity index is 474. The summed E-state index contributed by atoms with van der Waals surface area (Å²) in [4.78, 5) is 15.8. The second-order valence-electron chi connectivity index (χ2n) is 5.09. The van der Waals surface area contributed by atoms with Gasteiger partial charge in [0.25, 0.3) is 5.91 Å². The van der Waals surface area contributed by atoms with Gasteiger partial charge in [-0.25, -0.2) is 4.99 Å². The smallest absolute Gasteiger partial charge is 0.251 e. The van der Waals surface area contributed by atoms with Crippen LogP contribution in [0.4, 0.5) is 0 Å². The van der Waals surface area contributed by atoms with Crippen LogP contribution in [0.15, 0.2) is 29.3 Å². The molecule has 0 spiro atoms. The number of carbonyl (C=O) groups excluding carboxylic acids is 1. The summed E-state index contributed by atoms with van der Waals surface area (Å²) in [5, 5.41) is 5.68. The molecule has 0 heterocycles. The summed E-state index contributed by atoms with van der Waals surface area (Å²) < 4.78 is 0. The lowest BCUT2D eigenvalue weighted by Gasteiger charge is -2.07. The number of carbonyl (C=O) groups is 1. The molecule has 0 atom stereocenters. The molecule has 0 unspecified atom stereocenters. The fraction of sp³-hybridized carbons (Fsp3) is 0.467. The van der Waals surface area contributed by atoms with Crippen molar-refractivity contribution in [2.75, 3.05) is 13.6 Å². The van der Waals surface area contributed by atoms with Gasteiger partial charge >= 0.3 is 0 Å². The van der Waals surface area contributed by atoms with Crippen LogP contribution in [0.2, 0.25) is 0 Å². The van der Waals surface area contributed by atoms with Crippen LogP contribution in [0.25, 0.3) is 0 Å².